The number of sulfone groups is 1. The number of halogens is 4. The van der Waals surface area contributed by atoms with Crippen molar-refractivity contribution in [3.8, 4) is 17.3 Å². The van der Waals surface area contributed by atoms with Gasteiger partial charge in [0.25, 0.3) is 5.89 Å². The molecule has 4 rings (SSSR count). The van der Waals surface area contributed by atoms with Gasteiger partial charge < -0.3 is 19.5 Å². The van der Waals surface area contributed by atoms with Crippen molar-refractivity contribution in [2.24, 2.45) is 0 Å². The van der Waals surface area contributed by atoms with Crippen LogP contribution in [0.5, 0.6) is 5.88 Å². The number of carbonyl (C=O) groups is 1. The van der Waals surface area contributed by atoms with E-state index >= 15 is 0 Å². The fourth-order valence-electron chi connectivity index (χ4n) is 4.80. The molecule has 0 unspecified atom stereocenters. The molecule has 10 nitrogen and oxygen atoms in total. The summed E-state index contributed by atoms with van der Waals surface area (Å²) in [6, 6.07) is 11.5. The highest BCUT2D eigenvalue weighted by Crippen LogP contribution is 2.39. The summed E-state index contributed by atoms with van der Waals surface area (Å²) in [5, 5.41) is 7.03. The predicted octanol–water partition coefficient (Wildman–Crippen LogP) is 6.23. The average Bonchev–Trinajstić information content (AvgIpc) is 3.47. The van der Waals surface area contributed by atoms with E-state index in [9.17, 15) is 26.4 Å². The van der Waals surface area contributed by atoms with Gasteiger partial charge in [-0.1, -0.05) is 23.7 Å². The lowest BCUT2D eigenvalue weighted by Crippen LogP contribution is -2.39. The fourth-order valence-corrected chi connectivity index (χ4v) is 6.19. The quantitative estimate of drug-likeness (QED) is 0.198. The van der Waals surface area contributed by atoms with Gasteiger partial charge in [-0.05, 0) is 74.4 Å². The van der Waals surface area contributed by atoms with E-state index in [1.165, 1.54) is 44.4 Å². The Hall–Kier alpha value is -4.17. The number of hydrogen-bond acceptors (Lipinski definition) is 9. The van der Waals surface area contributed by atoms with Crippen LogP contribution in [0.4, 0.5) is 24.5 Å². The van der Waals surface area contributed by atoms with Crippen LogP contribution in [-0.2, 0) is 20.0 Å². The first-order valence-electron chi connectivity index (χ1n) is 13.6. The maximum atomic E-state index is 13.4. The van der Waals surface area contributed by atoms with Crippen LogP contribution in [0.1, 0.15) is 37.7 Å². The van der Waals surface area contributed by atoms with Gasteiger partial charge in [-0.15, -0.1) is 0 Å². The monoisotopic (exact) mass is 665 g/mol. The Morgan fingerprint density at radius 2 is 1.80 bits per heavy atom. The third-order valence-electron chi connectivity index (χ3n) is 7.02. The Morgan fingerprint density at radius 3 is 2.36 bits per heavy atom. The molecule has 0 bridgehead atoms. The summed E-state index contributed by atoms with van der Waals surface area (Å²) in [6.45, 7) is 4.86. The lowest BCUT2D eigenvalue weighted by molar-refractivity contribution is -0.122. The normalized spacial score (nSPS) is 12.2. The van der Waals surface area contributed by atoms with Gasteiger partial charge in [0.15, 0.2) is 15.7 Å². The summed E-state index contributed by atoms with van der Waals surface area (Å²) in [6.07, 6.45) is -3.08. The number of aryl methyl sites for hydroxylation is 1. The zero-order valence-corrected chi connectivity index (χ0v) is 26.6. The molecular formula is C30H31ClF3N5O5S. The number of ether oxygens (including phenoxy) is 1. The van der Waals surface area contributed by atoms with Crippen LogP contribution in [0.15, 0.2) is 64.1 Å². The SMILES string of the molecule is CCS(=O)(=O)c1ccc(N(CC(=O)Nc2cc(C)c(C(C)(C)c3noc(-c4ccc(OC)nc4)n3)c(Cl)c2)CC(F)(F)F)cc1. The van der Waals surface area contributed by atoms with Gasteiger partial charge >= 0.3 is 6.18 Å². The van der Waals surface area contributed by atoms with Gasteiger partial charge in [0.2, 0.25) is 11.8 Å². The zero-order valence-electron chi connectivity index (χ0n) is 25.1. The number of carbonyl (C=O) groups excluding carboxylic acids is 1. The molecule has 0 saturated heterocycles. The van der Waals surface area contributed by atoms with Crippen molar-refractivity contribution >= 4 is 38.7 Å². The smallest absolute Gasteiger partial charge is 0.405 e. The third-order valence-corrected chi connectivity index (χ3v) is 9.07. The van der Waals surface area contributed by atoms with Crippen molar-refractivity contribution in [3.63, 3.8) is 0 Å². The van der Waals surface area contributed by atoms with Crippen LogP contribution < -0.4 is 15.0 Å². The molecule has 0 saturated carbocycles. The molecule has 0 radical (unpaired) electrons. The molecule has 4 aromatic rings. The van der Waals surface area contributed by atoms with Crippen molar-refractivity contribution < 1.29 is 35.6 Å². The Kier molecular flexibility index (Phi) is 9.78. The molecule has 0 aliphatic heterocycles. The lowest BCUT2D eigenvalue weighted by Gasteiger charge is -2.27. The average molecular weight is 666 g/mol. The summed E-state index contributed by atoms with van der Waals surface area (Å²) in [5.74, 6) is 0.130. The molecule has 0 fully saturated rings. The van der Waals surface area contributed by atoms with Gasteiger partial charge in [-0.2, -0.15) is 18.2 Å². The van der Waals surface area contributed by atoms with Crippen LogP contribution in [0.2, 0.25) is 5.02 Å². The van der Waals surface area contributed by atoms with Crippen molar-refractivity contribution in [3.05, 3.63) is 76.7 Å². The van der Waals surface area contributed by atoms with E-state index in [2.05, 4.69) is 20.4 Å². The van der Waals surface area contributed by atoms with Gasteiger partial charge in [0.05, 0.1) is 35.3 Å². The van der Waals surface area contributed by atoms with Crippen LogP contribution in [-0.4, -0.2) is 61.6 Å². The Bertz CT molecular complexity index is 1750. The molecule has 15 heteroatoms. The molecule has 0 atom stereocenters. The Balaban J connectivity index is 1.53. The summed E-state index contributed by atoms with van der Waals surface area (Å²) >= 11 is 6.69. The van der Waals surface area contributed by atoms with Crippen molar-refractivity contribution in [2.45, 2.75) is 44.2 Å². The van der Waals surface area contributed by atoms with Crippen molar-refractivity contribution in [1.29, 1.82) is 0 Å². The minimum Gasteiger partial charge on any atom is -0.481 e. The van der Waals surface area contributed by atoms with Crippen LogP contribution >= 0.6 is 11.6 Å². The van der Waals surface area contributed by atoms with Gasteiger partial charge in [-0.25, -0.2) is 13.4 Å². The molecular weight excluding hydrogens is 635 g/mol. The summed E-state index contributed by atoms with van der Waals surface area (Å²) in [7, 11) is -2.04. The van der Waals surface area contributed by atoms with Gasteiger partial charge in [0.1, 0.15) is 6.54 Å². The number of hydrogen-bond donors (Lipinski definition) is 1. The number of nitrogens with one attached hydrogen (secondary N) is 1. The highest BCUT2D eigenvalue weighted by Gasteiger charge is 2.34. The van der Waals surface area contributed by atoms with E-state index in [0.717, 1.165) is 4.90 Å². The third kappa shape index (κ3) is 7.92. The summed E-state index contributed by atoms with van der Waals surface area (Å²) in [5.41, 5.74) is 1.38. The number of pyridine rings is 1. The second-order valence-corrected chi connectivity index (χ2v) is 13.4. The van der Waals surface area contributed by atoms with E-state index in [1.807, 2.05) is 13.8 Å². The minimum absolute atomic E-state index is 0.0203. The first kappa shape index (κ1) is 33.7. The number of alkyl halides is 3. The summed E-state index contributed by atoms with van der Waals surface area (Å²) in [4.78, 5) is 22.4. The molecule has 45 heavy (non-hydrogen) atoms. The Labute approximate surface area is 263 Å². The van der Waals surface area contributed by atoms with E-state index in [4.69, 9.17) is 20.9 Å². The van der Waals surface area contributed by atoms with Crippen LogP contribution in [0.3, 0.4) is 0 Å². The highest BCUT2D eigenvalue weighted by molar-refractivity contribution is 7.91. The maximum Gasteiger partial charge on any atom is 0.405 e. The predicted molar refractivity (Wildman–Crippen MR) is 163 cm³/mol. The number of methoxy groups -OCH3 is 1. The maximum absolute atomic E-state index is 13.4. The second-order valence-electron chi connectivity index (χ2n) is 10.7. The number of anilines is 2. The molecule has 0 aliphatic carbocycles. The first-order valence-corrected chi connectivity index (χ1v) is 15.7. The molecule has 1 amide bonds. The Morgan fingerprint density at radius 1 is 1.11 bits per heavy atom. The topological polar surface area (TPSA) is 128 Å². The molecule has 2 aromatic carbocycles. The highest BCUT2D eigenvalue weighted by atomic mass is 35.5. The van der Waals surface area contributed by atoms with Gasteiger partial charge in [-0.3, -0.25) is 4.79 Å². The minimum atomic E-state index is -4.62. The lowest BCUT2D eigenvalue weighted by atomic mass is 9.81. The largest absolute Gasteiger partial charge is 0.481 e. The first-order chi connectivity index (χ1) is 21.0. The number of amides is 1. The van der Waals surface area contributed by atoms with Crippen LogP contribution in [0.25, 0.3) is 11.5 Å². The van der Waals surface area contributed by atoms with Crippen LogP contribution in [0, 0.1) is 6.92 Å². The summed E-state index contributed by atoms with van der Waals surface area (Å²) < 4.78 is 75.0. The number of benzene rings is 2. The number of rotatable bonds is 11. The molecule has 1 N–H and O–H groups in total. The second kappa shape index (κ2) is 13.1. The fraction of sp³-hybridized carbons (Fsp3) is 0.333. The number of nitrogens with zero attached hydrogens (tertiary/aromatic N) is 4. The van der Waals surface area contributed by atoms with E-state index in [0.29, 0.717) is 28.4 Å². The van der Waals surface area contributed by atoms with Crippen molar-refractivity contribution in [1.82, 2.24) is 15.1 Å². The molecule has 0 spiro atoms. The van der Waals surface area contributed by atoms with E-state index in [1.54, 1.807) is 31.3 Å². The van der Waals surface area contributed by atoms with Crippen molar-refractivity contribution in [2.75, 3.05) is 36.2 Å². The zero-order chi connectivity index (χ0) is 33.2. The van der Waals surface area contributed by atoms with E-state index in [-0.39, 0.29) is 32.9 Å². The van der Waals surface area contributed by atoms with Gasteiger partial charge in [0, 0.05) is 28.7 Å². The van der Waals surface area contributed by atoms with E-state index < -0.39 is 40.4 Å². The molecule has 240 valence electrons. The number of aromatic nitrogens is 3. The molecule has 2 heterocycles. The standard InChI is InChI=1S/C30H31ClF3N5O5S/c1-6-45(41,42)22-10-8-21(9-11-22)39(17-30(32,33)34)16-24(40)36-20-13-18(2)26(23(31)14-20)29(3,4)28-37-27(44-38-28)19-7-12-25(43-5)35-15-19/h7-15H,6,16-17H2,1-5H3,(H,36,40). The molecule has 2 aromatic heterocycles. The molecule has 0 aliphatic rings.